The van der Waals surface area contributed by atoms with Gasteiger partial charge in [0.15, 0.2) is 11.4 Å². The van der Waals surface area contributed by atoms with Crippen LogP contribution in [0.1, 0.15) is 114 Å². The molecule has 0 amide bonds. The van der Waals surface area contributed by atoms with Gasteiger partial charge in [-0.3, -0.25) is 9.05 Å². The SMILES string of the molecule is C#C[C@@]1(c2ccc3c(N)ncnn23)O[C@H](COP(=O)(O)OC[C@@H](COCCCCCCCC/C=C/CCCCCCCC)OCc2ccc(C#N)cc2F)[C@@H](O)[C@H]1O. The maximum Gasteiger partial charge on any atom is 0.472 e. The number of ether oxygens (including phenoxy) is 3. The quantitative estimate of drug-likeness (QED) is 0.0251. The van der Waals surface area contributed by atoms with Crippen molar-refractivity contribution in [2.75, 3.05) is 32.2 Å². The van der Waals surface area contributed by atoms with E-state index in [-0.39, 0.29) is 35.9 Å². The predicted octanol–water partition coefficient (Wildman–Crippen LogP) is 7.04. The van der Waals surface area contributed by atoms with Crippen molar-refractivity contribution in [3.05, 3.63) is 71.4 Å². The summed E-state index contributed by atoms with van der Waals surface area (Å²) in [6, 6.07) is 8.95. The van der Waals surface area contributed by atoms with Gasteiger partial charge in [0, 0.05) is 12.2 Å². The number of hydrogen-bond donors (Lipinski definition) is 4. The number of halogens is 1. The van der Waals surface area contributed by atoms with Gasteiger partial charge in [-0.05, 0) is 56.4 Å². The van der Waals surface area contributed by atoms with Crippen LogP contribution in [0.2, 0.25) is 0 Å². The van der Waals surface area contributed by atoms with Crippen molar-refractivity contribution in [3.63, 3.8) is 0 Å². The first-order valence-corrected chi connectivity index (χ1v) is 21.8. The molecule has 1 aromatic carbocycles. The van der Waals surface area contributed by atoms with E-state index in [0.717, 1.165) is 38.2 Å². The second-order valence-corrected chi connectivity index (χ2v) is 16.0. The van der Waals surface area contributed by atoms with Gasteiger partial charge in [0.25, 0.3) is 0 Å². The van der Waals surface area contributed by atoms with Crippen molar-refractivity contribution in [1.82, 2.24) is 14.6 Å². The Kier molecular flexibility index (Phi) is 19.7. The minimum atomic E-state index is -4.81. The average molecular weight is 828 g/mol. The number of aliphatic hydroxyl groups is 2. The van der Waals surface area contributed by atoms with Gasteiger partial charge in [-0.1, -0.05) is 88.8 Å². The maximum absolute atomic E-state index is 14.6. The molecule has 0 radical (unpaired) electrons. The number of terminal acetylenes is 1. The first kappa shape index (κ1) is 47.0. The summed E-state index contributed by atoms with van der Waals surface area (Å²) in [5.74, 6) is 1.90. The minimum Gasteiger partial charge on any atom is -0.387 e. The fraction of sp³-hybridized carbons (Fsp3) is 0.595. The smallest absolute Gasteiger partial charge is 0.387 e. The highest BCUT2D eigenvalue weighted by atomic mass is 31.2. The molecular formula is C42H59FN5O9P. The molecule has 3 heterocycles. The van der Waals surface area contributed by atoms with Crippen molar-refractivity contribution in [2.24, 2.45) is 0 Å². The van der Waals surface area contributed by atoms with Crippen LogP contribution in [0.25, 0.3) is 5.52 Å². The lowest BCUT2D eigenvalue weighted by atomic mass is 9.92. The van der Waals surface area contributed by atoms with Crippen LogP contribution < -0.4 is 5.73 Å². The lowest BCUT2D eigenvalue weighted by Crippen LogP contribution is -2.41. The van der Waals surface area contributed by atoms with Crippen molar-refractivity contribution < 1.29 is 47.3 Å². The molecule has 1 unspecified atom stereocenters. The molecule has 0 spiro atoms. The van der Waals surface area contributed by atoms with Crippen molar-refractivity contribution in [2.45, 2.75) is 133 Å². The zero-order valence-corrected chi connectivity index (χ0v) is 34.3. The summed E-state index contributed by atoms with van der Waals surface area (Å²) in [5, 5.41) is 35.1. The Morgan fingerprint density at radius 3 is 2.40 bits per heavy atom. The second kappa shape index (κ2) is 24.4. The van der Waals surface area contributed by atoms with Gasteiger partial charge < -0.3 is 35.1 Å². The van der Waals surface area contributed by atoms with Gasteiger partial charge >= 0.3 is 7.82 Å². The Morgan fingerprint density at radius 1 is 1.03 bits per heavy atom. The van der Waals surface area contributed by atoms with Crippen LogP contribution in [-0.2, 0) is 40.0 Å². The second-order valence-electron chi connectivity index (χ2n) is 14.6. The topological polar surface area (TPSA) is 204 Å². The number of nitrogens with zero attached hydrogens (tertiary/aromatic N) is 4. The van der Waals surface area contributed by atoms with Crippen LogP contribution in [-0.4, -0.2) is 80.5 Å². The summed E-state index contributed by atoms with van der Waals surface area (Å²) >= 11 is 0. The molecule has 4 rings (SSSR count). The Morgan fingerprint density at radius 2 is 1.72 bits per heavy atom. The highest BCUT2D eigenvalue weighted by Crippen LogP contribution is 2.46. The first-order chi connectivity index (χ1) is 28.0. The summed E-state index contributed by atoms with van der Waals surface area (Å²) in [7, 11) is -4.81. The van der Waals surface area contributed by atoms with E-state index in [0.29, 0.717) is 12.1 Å². The number of phosphoric acid groups is 1. The van der Waals surface area contributed by atoms with E-state index in [1.807, 2.05) is 6.07 Å². The number of anilines is 1. The Balaban J connectivity index is 1.21. The number of benzene rings is 1. The van der Waals surface area contributed by atoms with Crippen LogP contribution in [0, 0.1) is 29.5 Å². The van der Waals surface area contributed by atoms with Gasteiger partial charge in [0.05, 0.1) is 43.8 Å². The van der Waals surface area contributed by atoms with Gasteiger partial charge in [-0.25, -0.2) is 18.5 Å². The highest BCUT2D eigenvalue weighted by Gasteiger charge is 2.56. The zero-order chi connectivity index (χ0) is 41.8. The Labute approximate surface area is 341 Å². The first-order valence-electron chi connectivity index (χ1n) is 20.3. The van der Waals surface area contributed by atoms with E-state index in [9.17, 15) is 24.1 Å². The van der Waals surface area contributed by atoms with E-state index in [1.54, 1.807) is 6.07 Å². The number of allylic oxidation sites excluding steroid dienone is 2. The third-order valence-corrected chi connectivity index (χ3v) is 11.1. The molecule has 1 aliphatic rings. The Bertz CT molecular complexity index is 1870. The van der Waals surface area contributed by atoms with Crippen LogP contribution in [0.3, 0.4) is 0 Å². The molecule has 2 aromatic heterocycles. The molecule has 0 saturated carbocycles. The number of unbranched alkanes of at least 4 members (excludes halogenated alkanes) is 12. The summed E-state index contributed by atoms with van der Waals surface area (Å²) in [4.78, 5) is 14.5. The normalized spacial score (nSPS) is 21.0. The van der Waals surface area contributed by atoms with Gasteiger partial charge in [-0.2, -0.15) is 10.4 Å². The fourth-order valence-corrected chi connectivity index (χ4v) is 7.49. The molecule has 318 valence electrons. The molecule has 6 atom stereocenters. The molecule has 3 aromatic rings. The molecule has 1 aliphatic heterocycles. The van der Waals surface area contributed by atoms with E-state index in [4.69, 9.17) is 40.7 Å². The molecule has 5 N–H and O–H groups in total. The number of nitriles is 1. The monoisotopic (exact) mass is 827 g/mol. The van der Waals surface area contributed by atoms with E-state index in [2.05, 4.69) is 35.1 Å². The summed E-state index contributed by atoms with van der Waals surface area (Å²) in [5.41, 5.74) is 4.90. The number of nitrogens with two attached hydrogens (primary N) is 1. The van der Waals surface area contributed by atoms with Crippen LogP contribution in [0.4, 0.5) is 10.2 Å². The third-order valence-electron chi connectivity index (χ3n) is 10.1. The largest absolute Gasteiger partial charge is 0.472 e. The number of hydrogen-bond acceptors (Lipinski definition) is 12. The standard InChI is InChI=1S/C42H59FN5O9P/c1-3-5-6-7-8-9-10-11-12-13-14-15-16-17-18-19-24-53-28-34(54-27-33-21-20-32(26-44)25-35(33)43)29-55-58(51,52)56-30-37-39(49)40(50)42(4-2,57-37)38-23-22-36-41(45)46-31-47-48(36)38/h2,11-12,20-23,25,31,34,37,39-40,49-50H,3,5-10,13-19,24,27-30H2,1H3,(H,51,52)(H2,45,46,47)/b12-11+/t34-,37-,39-,40-,42+/m1/s1. The molecule has 0 aliphatic carbocycles. The summed E-state index contributed by atoms with van der Waals surface area (Å²) < 4.78 is 56.9. The van der Waals surface area contributed by atoms with Gasteiger partial charge in [0.2, 0.25) is 0 Å². The van der Waals surface area contributed by atoms with Gasteiger partial charge in [0.1, 0.15) is 42.1 Å². The number of aliphatic hydroxyl groups excluding tert-OH is 2. The van der Waals surface area contributed by atoms with Crippen molar-refractivity contribution >= 4 is 19.2 Å². The van der Waals surface area contributed by atoms with Gasteiger partial charge in [-0.15, -0.1) is 6.42 Å². The fourth-order valence-electron chi connectivity index (χ4n) is 6.73. The number of phosphoric ester groups is 1. The maximum atomic E-state index is 14.6. The van der Waals surface area contributed by atoms with E-state index >= 15 is 0 Å². The molecule has 58 heavy (non-hydrogen) atoms. The van der Waals surface area contributed by atoms with Crippen LogP contribution in [0.15, 0.2) is 48.8 Å². The highest BCUT2D eigenvalue weighted by molar-refractivity contribution is 7.47. The number of rotatable bonds is 28. The summed E-state index contributed by atoms with van der Waals surface area (Å²) in [6.45, 7) is 1.25. The third kappa shape index (κ3) is 13.9. The lowest BCUT2D eigenvalue weighted by Gasteiger charge is -2.26. The van der Waals surface area contributed by atoms with Crippen LogP contribution in [0.5, 0.6) is 0 Å². The average Bonchev–Trinajstić information content (AvgIpc) is 3.77. The van der Waals surface area contributed by atoms with Crippen molar-refractivity contribution in [3.8, 4) is 18.4 Å². The number of nitrogen functional groups attached to an aromatic ring is 1. The zero-order valence-electron chi connectivity index (χ0n) is 33.4. The number of aromatic nitrogens is 3. The minimum absolute atomic E-state index is 0.0242. The Hall–Kier alpha value is -3.73. The van der Waals surface area contributed by atoms with Crippen molar-refractivity contribution in [1.29, 1.82) is 5.26 Å². The van der Waals surface area contributed by atoms with Crippen LogP contribution >= 0.6 is 7.82 Å². The molecule has 14 nitrogen and oxygen atoms in total. The summed E-state index contributed by atoms with van der Waals surface area (Å²) in [6.07, 6.45) is 22.7. The molecule has 16 heteroatoms. The van der Waals surface area contributed by atoms with E-state index in [1.165, 1.54) is 86.8 Å². The van der Waals surface area contributed by atoms with E-state index < -0.39 is 56.9 Å². The molecule has 1 saturated heterocycles. The predicted molar refractivity (Wildman–Crippen MR) is 216 cm³/mol. The molecule has 1 fully saturated rings. The lowest BCUT2D eigenvalue weighted by molar-refractivity contribution is -0.0682. The molecular weight excluding hydrogens is 768 g/mol. The number of fused-ring (bicyclic) bond motifs is 1. The molecule has 0 bridgehead atoms.